The molecule has 5 heteroatoms. The number of hydrogen-bond donors (Lipinski definition) is 2. The van der Waals surface area contributed by atoms with E-state index in [0.29, 0.717) is 30.1 Å². The summed E-state index contributed by atoms with van der Waals surface area (Å²) in [5, 5.41) is 2.99. The van der Waals surface area contributed by atoms with Crippen molar-refractivity contribution in [1.82, 2.24) is 10.2 Å². The summed E-state index contributed by atoms with van der Waals surface area (Å²) in [5.74, 6) is 5.71. The van der Waals surface area contributed by atoms with Crippen molar-refractivity contribution in [1.29, 1.82) is 0 Å². The lowest BCUT2D eigenvalue weighted by Crippen LogP contribution is -2.41. The molecule has 1 saturated carbocycles. The van der Waals surface area contributed by atoms with E-state index in [1.54, 1.807) is 0 Å². The number of rotatable bonds is 5. The van der Waals surface area contributed by atoms with Gasteiger partial charge in [-0.1, -0.05) is 11.8 Å². The van der Waals surface area contributed by atoms with Crippen molar-refractivity contribution in [3.05, 3.63) is 21.9 Å². The minimum absolute atomic E-state index is 0.0214. The molecule has 1 aromatic heterocycles. The summed E-state index contributed by atoms with van der Waals surface area (Å²) in [5.41, 5.74) is 5.33. The molecule has 1 aliphatic rings. The molecule has 0 spiro atoms. The Balaban J connectivity index is 1.83. The number of hydrogen-bond acceptors (Lipinski definition) is 4. The molecule has 1 aliphatic carbocycles. The van der Waals surface area contributed by atoms with Crippen LogP contribution in [0.4, 0.5) is 0 Å². The van der Waals surface area contributed by atoms with Crippen LogP contribution < -0.4 is 11.1 Å². The molecule has 0 aliphatic heterocycles. The molecule has 0 radical (unpaired) electrons. The molecule has 3 N–H and O–H groups in total. The third-order valence-electron chi connectivity index (χ3n) is 3.52. The highest BCUT2D eigenvalue weighted by molar-refractivity contribution is 7.14. The van der Waals surface area contributed by atoms with Gasteiger partial charge >= 0.3 is 0 Å². The normalized spacial score (nSPS) is 15.6. The molecule has 1 heterocycles. The van der Waals surface area contributed by atoms with Gasteiger partial charge in [-0.15, -0.1) is 11.3 Å². The fourth-order valence-corrected chi connectivity index (χ4v) is 2.78. The van der Waals surface area contributed by atoms with E-state index in [1.165, 1.54) is 24.2 Å². The van der Waals surface area contributed by atoms with Crippen LogP contribution in [0.5, 0.6) is 0 Å². The molecule has 0 aromatic carbocycles. The zero-order chi connectivity index (χ0) is 14.5. The Hall–Kier alpha value is -1.35. The van der Waals surface area contributed by atoms with E-state index in [2.05, 4.69) is 36.0 Å². The topological polar surface area (TPSA) is 58.4 Å². The largest absolute Gasteiger partial charge is 0.350 e. The summed E-state index contributed by atoms with van der Waals surface area (Å²) in [7, 11) is 2.13. The van der Waals surface area contributed by atoms with Gasteiger partial charge in [-0.2, -0.15) is 0 Å². The second kappa shape index (κ2) is 6.89. The van der Waals surface area contributed by atoms with E-state index in [-0.39, 0.29) is 5.91 Å². The second-order valence-corrected chi connectivity index (χ2v) is 6.21. The highest BCUT2D eigenvalue weighted by atomic mass is 32.1. The number of nitrogens with one attached hydrogen (secondary N) is 1. The number of thiophene rings is 1. The first kappa shape index (κ1) is 15.0. The van der Waals surface area contributed by atoms with Crippen molar-refractivity contribution in [3.63, 3.8) is 0 Å². The number of carbonyl (C=O) groups is 1. The van der Waals surface area contributed by atoms with Crippen molar-refractivity contribution >= 4 is 17.2 Å². The summed E-state index contributed by atoms with van der Waals surface area (Å²) >= 11 is 1.40. The predicted octanol–water partition coefficient (Wildman–Crippen LogP) is 1.27. The molecule has 4 nitrogen and oxygen atoms in total. The first-order valence-electron chi connectivity index (χ1n) is 6.90. The molecule has 1 amide bonds. The van der Waals surface area contributed by atoms with E-state index in [1.807, 2.05) is 12.1 Å². The molecule has 1 aromatic rings. The quantitative estimate of drug-likeness (QED) is 0.803. The third-order valence-corrected chi connectivity index (χ3v) is 4.52. The van der Waals surface area contributed by atoms with Crippen LogP contribution in [0.25, 0.3) is 0 Å². The molecular weight excluding hydrogens is 270 g/mol. The van der Waals surface area contributed by atoms with Gasteiger partial charge < -0.3 is 11.1 Å². The van der Waals surface area contributed by atoms with Crippen molar-refractivity contribution in [2.24, 2.45) is 5.73 Å². The van der Waals surface area contributed by atoms with Crippen molar-refractivity contribution in [2.45, 2.75) is 31.8 Å². The first-order valence-corrected chi connectivity index (χ1v) is 7.72. The minimum atomic E-state index is -0.0214. The summed E-state index contributed by atoms with van der Waals surface area (Å²) in [6.07, 6.45) is 2.56. The standard InChI is InChI=1S/C15H21N3OS/c1-11(18(2)12-5-6-12)10-17-15(19)14-8-7-13(20-14)4-3-9-16/h7-8,11-12H,5-6,9-10,16H2,1-2H3,(H,17,19). The van der Waals surface area contributed by atoms with Crippen molar-refractivity contribution < 1.29 is 4.79 Å². The summed E-state index contributed by atoms with van der Waals surface area (Å²) < 4.78 is 0. The smallest absolute Gasteiger partial charge is 0.261 e. The van der Waals surface area contributed by atoms with Gasteiger partial charge in [-0.3, -0.25) is 9.69 Å². The Morgan fingerprint density at radius 1 is 1.60 bits per heavy atom. The van der Waals surface area contributed by atoms with Gasteiger partial charge in [-0.25, -0.2) is 0 Å². The minimum Gasteiger partial charge on any atom is -0.350 e. The average molecular weight is 291 g/mol. The number of amides is 1. The monoisotopic (exact) mass is 291 g/mol. The Kier molecular flexibility index (Phi) is 5.18. The highest BCUT2D eigenvalue weighted by Crippen LogP contribution is 2.26. The molecule has 1 unspecified atom stereocenters. The van der Waals surface area contributed by atoms with Gasteiger partial charge in [-0.05, 0) is 38.9 Å². The SMILES string of the molecule is CC(CNC(=O)c1ccc(C#CCN)s1)N(C)C1CC1. The maximum atomic E-state index is 12.1. The molecule has 1 fully saturated rings. The third kappa shape index (κ3) is 4.07. The van der Waals surface area contributed by atoms with Crippen LogP contribution >= 0.6 is 11.3 Å². The Bertz CT molecular complexity index is 525. The van der Waals surface area contributed by atoms with E-state index in [0.717, 1.165) is 4.88 Å². The van der Waals surface area contributed by atoms with Crippen molar-refractivity contribution in [3.8, 4) is 11.8 Å². The van der Waals surface area contributed by atoms with Crippen LogP contribution in [0.3, 0.4) is 0 Å². The Morgan fingerprint density at radius 2 is 2.35 bits per heavy atom. The van der Waals surface area contributed by atoms with E-state index < -0.39 is 0 Å². The van der Waals surface area contributed by atoms with E-state index in [4.69, 9.17) is 5.73 Å². The summed E-state index contributed by atoms with van der Waals surface area (Å²) in [4.78, 5) is 16.0. The van der Waals surface area contributed by atoms with Gasteiger partial charge in [0.15, 0.2) is 0 Å². The summed E-state index contributed by atoms with van der Waals surface area (Å²) in [6, 6.07) is 4.75. The zero-order valence-electron chi connectivity index (χ0n) is 12.0. The lowest BCUT2D eigenvalue weighted by molar-refractivity contribution is 0.0943. The van der Waals surface area contributed by atoms with Gasteiger partial charge in [0.25, 0.3) is 5.91 Å². The maximum absolute atomic E-state index is 12.1. The van der Waals surface area contributed by atoms with Gasteiger partial charge in [0.1, 0.15) is 0 Å². The molecule has 1 atom stereocenters. The van der Waals surface area contributed by atoms with Gasteiger partial charge in [0, 0.05) is 18.6 Å². The fraction of sp³-hybridized carbons (Fsp3) is 0.533. The summed E-state index contributed by atoms with van der Waals surface area (Å²) in [6.45, 7) is 3.16. The van der Waals surface area contributed by atoms with Crippen molar-refractivity contribution in [2.75, 3.05) is 20.1 Å². The van der Waals surface area contributed by atoms with E-state index in [9.17, 15) is 4.79 Å². The second-order valence-electron chi connectivity index (χ2n) is 5.13. The maximum Gasteiger partial charge on any atom is 0.261 e. The Labute approximate surface area is 124 Å². The number of carbonyl (C=O) groups excluding carboxylic acids is 1. The molecule has 2 rings (SSSR count). The molecule has 108 valence electrons. The average Bonchev–Trinajstić information content (AvgIpc) is 3.19. The van der Waals surface area contributed by atoms with Crippen LogP contribution in [0.15, 0.2) is 12.1 Å². The molecule has 20 heavy (non-hydrogen) atoms. The lowest BCUT2D eigenvalue weighted by Gasteiger charge is -2.24. The predicted molar refractivity (Wildman–Crippen MR) is 82.8 cm³/mol. The number of nitrogens with zero attached hydrogens (tertiary/aromatic N) is 1. The fourth-order valence-electron chi connectivity index (χ4n) is 1.98. The van der Waals surface area contributed by atoms with Gasteiger partial charge in [0.2, 0.25) is 0 Å². The van der Waals surface area contributed by atoms with Crippen LogP contribution in [-0.4, -0.2) is 43.0 Å². The van der Waals surface area contributed by atoms with Gasteiger partial charge in [0.05, 0.1) is 16.3 Å². The number of nitrogens with two attached hydrogens (primary N) is 1. The van der Waals surface area contributed by atoms with Crippen LogP contribution in [0, 0.1) is 11.8 Å². The number of likely N-dealkylation sites (N-methyl/N-ethyl adjacent to an activating group) is 1. The first-order chi connectivity index (χ1) is 9.61. The highest BCUT2D eigenvalue weighted by Gasteiger charge is 2.29. The molecule has 0 saturated heterocycles. The Morgan fingerprint density at radius 3 is 3.00 bits per heavy atom. The van der Waals surface area contributed by atoms with E-state index >= 15 is 0 Å². The zero-order valence-corrected chi connectivity index (χ0v) is 12.8. The molecular formula is C15H21N3OS. The lowest BCUT2D eigenvalue weighted by atomic mass is 10.3. The van der Waals surface area contributed by atoms with Crippen LogP contribution in [0.1, 0.15) is 34.3 Å². The van der Waals surface area contributed by atoms with Crippen LogP contribution in [-0.2, 0) is 0 Å². The van der Waals surface area contributed by atoms with Crippen LogP contribution in [0.2, 0.25) is 0 Å². The molecule has 0 bridgehead atoms.